The van der Waals surface area contributed by atoms with Gasteiger partial charge >= 0.3 is 0 Å². The molecule has 0 fully saturated rings. The smallest absolute Gasteiger partial charge is 0.240 e. The normalized spacial score (nSPS) is 10.3. The van der Waals surface area contributed by atoms with Crippen molar-refractivity contribution in [2.75, 3.05) is 6.54 Å². The molecule has 2 rings (SSSR count). The molecule has 4 nitrogen and oxygen atoms in total. The first-order chi connectivity index (χ1) is 9.29. The summed E-state index contributed by atoms with van der Waals surface area (Å²) >= 11 is 7.64. The van der Waals surface area contributed by atoms with Gasteiger partial charge in [-0.2, -0.15) is 4.98 Å². The second-order valence-electron chi connectivity index (χ2n) is 3.63. The van der Waals surface area contributed by atoms with E-state index in [1.807, 2.05) is 24.3 Å². The largest absolute Gasteiger partial charge is 0.338 e. The van der Waals surface area contributed by atoms with Crippen LogP contribution in [-0.2, 0) is 12.3 Å². The average molecular weight is 294 g/mol. The predicted molar refractivity (Wildman–Crippen MR) is 75.9 cm³/mol. The number of aromatic nitrogens is 2. The molecule has 1 aromatic carbocycles. The van der Waals surface area contributed by atoms with Crippen molar-refractivity contribution >= 4 is 23.4 Å². The first-order valence-electron chi connectivity index (χ1n) is 5.62. The van der Waals surface area contributed by atoms with Crippen LogP contribution in [0.1, 0.15) is 11.7 Å². The lowest BCUT2D eigenvalue weighted by Gasteiger charge is -2.00. The highest BCUT2D eigenvalue weighted by atomic mass is 35.5. The van der Waals surface area contributed by atoms with Gasteiger partial charge in [-0.1, -0.05) is 34.8 Å². The molecule has 0 bridgehead atoms. The van der Waals surface area contributed by atoms with Crippen LogP contribution in [0.25, 0.3) is 0 Å². The van der Waals surface area contributed by atoms with Gasteiger partial charge in [0.25, 0.3) is 0 Å². The summed E-state index contributed by atoms with van der Waals surface area (Å²) in [7, 11) is 0. The monoisotopic (exact) mass is 293 g/mol. The molecule has 0 spiro atoms. The topological polar surface area (TPSA) is 51.0 Å². The van der Waals surface area contributed by atoms with E-state index < -0.39 is 0 Å². The molecule has 0 aliphatic heterocycles. The van der Waals surface area contributed by atoms with Crippen LogP contribution in [0.3, 0.4) is 0 Å². The maximum atomic E-state index is 6.07. The zero-order valence-corrected chi connectivity index (χ0v) is 11.7. The van der Waals surface area contributed by atoms with E-state index in [-0.39, 0.29) is 0 Å². The molecular weight excluding hydrogens is 282 g/mol. The summed E-state index contributed by atoms with van der Waals surface area (Å²) in [6.07, 6.45) is 5.13. The van der Waals surface area contributed by atoms with E-state index in [1.54, 1.807) is 11.8 Å². The third-order valence-corrected chi connectivity index (χ3v) is 3.72. The summed E-state index contributed by atoms with van der Waals surface area (Å²) in [5.74, 6) is 4.26. The molecule has 1 heterocycles. The van der Waals surface area contributed by atoms with Gasteiger partial charge in [0.15, 0.2) is 5.82 Å². The van der Waals surface area contributed by atoms with Gasteiger partial charge in [-0.3, -0.25) is 5.32 Å². The summed E-state index contributed by atoms with van der Waals surface area (Å²) in [5, 5.41) is 7.61. The van der Waals surface area contributed by atoms with E-state index >= 15 is 0 Å². The lowest BCUT2D eigenvalue weighted by molar-refractivity contribution is 0.366. The standard InChI is InChI=1S/C13H12ClN3OS/c1-2-7-15-8-13-16-12(17-18-13)9-19-11-6-4-3-5-10(11)14/h1,3-6,15H,7-9H2. The second kappa shape index (κ2) is 7.19. The SMILES string of the molecule is C#CCNCc1nc(CSc2ccccc2Cl)no1. The van der Waals surface area contributed by atoms with Gasteiger partial charge in [-0.15, -0.1) is 18.2 Å². The Balaban J connectivity index is 1.87. The van der Waals surface area contributed by atoms with Gasteiger partial charge in [-0.05, 0) is 12.1 Å². The van der Waals surface area contributed by atoms with Gasteiger partial charge in [0.2, 0.25) is 5.89 Å². The number of halogens is 1. The lowest BCUT2D eigenvalue weighted by Crippen LogP contribution is -2.13. The molecule has 0 radical (unpaired) electrons. The van der Waals surface area contributed by atoms with Crippen molar-refractivity contribution in [1.29, 1.82) is 0 Å². The zero-order chi connectivity index (χ0) is 13.5. The van der Waals surface area contributed by atoms with E-state index in [0.29, 0.717) is 30.6 Å². The predicted octanol–water partition coefficient (Wildman–Crippen LogP) is 2.74. The maximum Gasteiger partial charge on any atom is 0.240 e. The number of hydrogen-bond donors (Lipinski definition) is 1. The zero-order valence-electron chi connectivity index (χ0n) is 10.1. The van der Waals surface area contributed by atoms with E-state index in [2.05, 4.69) is 21.4 Å². The van der Waals surface area contributed by atoms with Crippen molar-refractivity contribution in [3.05, 3.63) is 41.0 Å². The Bertz CT molecular complexity index is 579. The highest BCUT2D eigenvalue weighted by Crippen LogP contribution is 2.28. The highest BCUT2D eigenvalue weighted by molar-refractivity contribution is 7.98. The Morgan fingerprint density at radius 3 is 3.05 bits per heavy atom. The minimum absolute atomic E-state index is 0.478. The molecule has 0 saturated heterocycles. The van der Waals surface area contributed by atoms with Crippen LogP contribution in [0.4, 0.5) is 0 Å². The summed E-state index contributed by atoms with van der Waals surface area (Å²) < 4.78 is 5.09. The van der Waals surface area contributed by atoms with Crippen LogP contribution in [0.2, 0.25) is 5.02 Å². The molecule has 0 atom stereocenters. The van der Waals surface area contributed by atoms with Crippen molar-refractivity contribution < 1.29 is 4.52 Å². The Labute approximate surface area is 120 Å². The Kier molecular flexibility index (Phi) is 5.28. The van der Waals surface area contributed by atoms with Crippen molar-refractivity contribution in [2.24, 2.45) is 0 Å². The molecular formula is C13H12ClN3OS. The van der Waals surface area contributed by atoms with Gasteiger partial charge in [0.05, 0.1) is 23.9 Å². The molecule has 0 unspecified atom stereocenters. The van der Waals surface area contributed by atoms with Crippen molar-refractivity contribution in [3.8, 4) is 12.3 Å². The van der Waals surface area contributed by atoms with Crippen LogP contribution < -0.4 is 5.32 Å². The van der Waals surface area contributed by atoms with Gasteiger partial charge in [0, 0.05) is 4.90 Å². The first kappa shape index (κ1) is 13.9. The van der Waals surface area contributed by atoms with Crippen LogP contribution in [0.5, 0.6) is 0 Å². The highest BCUT2D eigenvalue weighted by Gasteiger charge is 2.07. The van der Waals surface area contributed by atoms with Crippen molar-refractivity contribution in [2.45, 2.75) is 17.2 Å². The van der Waals surface area contributed by atoms with Gasteiger partial charge in [0.1, 0.15) is 0 Å². The average Bonchev–Trinajstić information content (AvgIpc) is 2.86. The number of terminal acetylenes is 1. The van der Waals surface area contributed by atoms with Crippen LogP contribution in [0, 0.1) is 12.3 Å². The van der Waals surface area contributed by atoms with Crippen molar-refractivity contribution in [1.82, 2.24) is 15.5 Å². The van der Waals surface area contributed by atoms with Crippen LogP contribution in [-0.4, -0.2) is 16.7 Å². The molecule has 0 amide bonds. The third kappa shape index (κ3) is 4.28. The van der Waals surface area contributed by atoms with Gasteiger partial charge < -0.3 is 4.52 Å². The van der Waals surface area contributed by atoms with E-state index in [0.717, 1.165) is 9.92 Å². The fourth-order valence-electron chi connectivity index (χ4n) is 1.37. The Hall–Kier alpha value is -1.48. The number of nitrogens with one attached hydrogen (secondary N) is 1. The number of nitrogens with zero attached hydrogens (tertiary/aromatic N) is 2. The maximum absolute atomic E-state index is 6.07. The quantitative estimate of drug-likeness (QED) is 0.504. The van der Waals surface area contributed by atoms with E-state index in [1.165, 1.54) is 0 Å². The lowest BCUT2D eigenvalue weighted by atomic mass is 10.4. The number of thioether (sulfide) groups is 1. The Morgan fingerprint density at radius 2 is 2.26 bits per heavy atom. The fourth-order valence-corrected chi connectivity index (χ4v) is 2.45. The fraction of sp³-hybridized carbons (Fsp3) is 0.231. The van der Waals surface area contributed by atoms with Crippen molar-refractivity contribution in [3.63, 3.8) is 0 Å². The van der Waals surface area contributed by atoms with Crippen LogP contribution >= 0.6 is 23.4 Å². The summed E-state index contributed by atoms with van der Waals surface area (Å²) in [5.41, 5.74) is 0. The Morgan fingerprint density at radius 1 is 1.42 bits per heavy atom. The molecule has 0 aliphatic rings. The van der Waals surface area contributed by atoms with Crippen LogP contribution in [0.15, 0.2) is 33.7 Å². The summed E-state index contributed by atoms with van der Waals surface area (Å²) in [4.78, 5) is 5.25. The number of benzene rings is 1. The van der Waals surface area contributed by atoms with E-state index in [9.17, 15) is 0 Å². The molecule has 0 aliphatic carbocycles. The first-order valence-corrected chi connectivity index (χ1v) is 6.99. The number of rotatable bonds is 6. The summed E-state index contributed by atoms with van der Waals surface area (Å²) in [6.45, 7) is 0.958. The molecule has 98 valence electrons. The minimum Gasteiger partial charge on any atom is -0.338 e. The van der Waals surface area contributed by atoms with E-state index in [4.69, 9.17) is 22.5 Å². The third-order valence-electron chi connectivity index (χ3n) is 2.21. The minimum atomic E-state index is 0.478. The second-order valence-corrected chi connectivity index (χ2v) is 5.06. The molecule has 19 heavy (non-hydrogen) atoms. The molecule has 0 saturated carbocycles. The molecule has 2 aromatic rings. The number of hydrogen-bond acceptors (Lipinski definition) is 5. The molecule has 1 N–H and O–H groups in total. The molecule has 6 heteroatoms. The van der Waals surface area contributed by atoms with Gasteiger partial charge in [-0.25, -0.2) is 0 Å². The summed E-state index contributed by atoms with van der Waals surface area (Å²) in [6, 6.07) is 7.66. The molecule has 1 aromatic heterocycles.